The van der Waals surface area contributed by atoms with Gasteiger partial charge in [-0.3, -0.25) is 9.58 Å². The Balaban J connectivity index is 1.44. The van der Waals surface area contributed by atoms with E-state index >= 15 is 0 Å². The molecule has 140 valence electrons. The van der Waals surface area contributed by atoms with Crippen molar-refractivity contribution in [3.05, 3.63) is 53.1 Å². The van der Waals surface area contributed by atoms with Crippen molar-refractivity contribution in [3.8, 4) is 0 Å². The average Bonchev–Trinajstić information content (AvgIpc) is 3.01. The summed E-state index contributed by atoms with van der Waals surface area (Å²) in [4.78, 5) is 4.65. The van der Waals surface area contributed by atoms with Gasteiger partial charge in [-0.05, 0) is 43.8 Å². The van der Waals surface area contributed by atoms with Crippen molar-refractivity contribution in [2.24, 2.45) is 0 Å². The Morgan fingerprint density at radius 2 is 1.88 bits per heavy atom. The van der Waals surface area contributed by atoms with E-state index in [0.717, 1.165) is 49.9 Å². The second kappa shape index (κ2) is 8.60. The molecule has 0 bridgehead atoms. The van der Waals surface area contributed by atoms with Gasteiger partial charge in [0.15, 0.2) is 5.11 Å². The maximum absolute atomic E-state index is 13.0. The molecule has 0 atom stereocenters. The van der Waals surface area contributed by atoms with Gasteiger partial charge in [-0.2, -0.15) is 5.10 Å². The van der Waals surface area contributed by atoms with E-state index in [1.807, 2.05) is 10.9 Å². The van der Waals surface area contributed by atoms with Crippen molar-refractivity contribution in [1.82, 2.24) is 24.9 Å². The van der Waals surface area contributed by atoms with Crippen molar-refractivity contribution < 1.29 is 4.39 Å². The highest BCUT2D eigenvalue weighted by Crippen LogP contribution is 2.13. The molecule has 1 aliphatic heterocycles. The Bertz CT molecular complexity index is 735. The lowest BCUT2D eigenvalue weighted by atomic mass is 10.2. The minimum Gasteiger partial charge on any atom is -0.358 e. The lowest BCUT2D eigenvalue weighted by Gasteiger charge is -2.36. The van der Waals surface area contributed by atoms with Gasteiger partial charge < -0.3 is 10.2 Å². The molecule has 1 aliphatic rings. The van der Waals surface area contributed by atoms with Gasteiger partial charge in [0.1, 0.15) is 5.82 Å². The molecule has 1 saturated heterocycles. The Hall–Kier alpha value is -1.99. The lowest BCUT2D eigenvalue weighted by molar-refractivity contribution is 0.174. The van der Waals surface area contributed by atoms with Crippen molar-refractivity contribution in [3.63, 3.8) is 0 Å². The normalized spacial score (nSPS) is 15.3. The van der Waals surface area contributed by atoms with Gasteiger partial charge in [0.25, 0.3) is 0 Å². The number of halogens is 1. The molecule has 1 aromatic heterocycles. The van der Waals surface area contributed by atoms with Gasteiger partial charge in [-0.25, -0.2) is 4.39 Å². The Kier molecular flexibility index (Phi) is 6.21. The van der Waals surface area contributed by atoms with Gasteiger partial charge >= 0.3 is 0 Å². The number of benzene rings is 1. The molecule has 5 nitrogen and oxygen atoms in total. The van der Waals surface area contributed by atoms with Crippen LogP contribution in [0.1, 0.15) is 23.7 Å². The number of nitrogens with zero attached hydrogens (tertiary/aromatic N) is 4. The molecule has 26 heavy (non-hydrogen) atoms. The number of aromatic nitrogens is 2. The monoisotopic (exact) mass is 375 g/mol. The topological polar surface area (TPSA) is 36.3 Å². The molecule has 0 aliphatic carbocycles. The highest BCUT2D eigenvalue weighted by molar-refractivity contribution is 7.80. The maximum atomic E-state index is 13.0. The molecule has 0 amide bonds. The van der Waals surface area contributed by atoms with Gasteiger partial charge in [0.2, 0.25) is 0 Å². The summed E-state index contributed by atoms with van der Waals surface area (Å²) in [6, 6.07) is 6.51. The first-order valence-electron chi connectivity index (χ1n) is 9.07. The third-order valence-electron chi connectivity index (χ3n) is 4.91. The van der Waals surface area contributed by atoms with Crippen LogP contribution in [0.5, 0.6) is 0 Å². The molecular weight excluding hydrogens is 349 g/mol. The van der Waals surface area contributed by atoms with Crippen LogP contribution < -0.4 is 5.32 Å². The molecule has 0 spiro atoms. The number of rotatable bonds is 5. The Labute approximate surface area is 159 Å². The number of nitrogens with one attached hydrogen (secondary N) is 1. The predicted molar refractivity (Wildman–Crippen MR) is 105 cm³/mol. The highest BCUT2D eigenvalue weighted by Gasteiger charge is 2.20. The number of hydrogen-bond acceptors (Lipinski definition) is 3. The Morgan fingerprint density at radius 3 is 2.50 bits per heavy atom. The zero-order chi connectivity index (χ0) is 18.5. The maximum Gasteiger partial charge on any atom is 0.169 e. The summed E-state index contributed by atoms with van der Waals surface area (Å²) >= 11 is 5.52. The second-order valence-electron chi connectivity index (χ2n) is 6.62. The number of aryl methyl sites for hydroxylation is 1. The van der Waals surface area contributed by atoms with E-state index in [0.29, 0.717) is 6.54 Å². The first-order chi connectivity index (χ1) is 12.6. The molecule has 0 radical (unpaired) electrons. The Morgan fingerprint density at radius 1 is 1.19 bits per heavy atom. The first kappa shape index (κ1) is 18.8. The molecule has 1 aromatic carbocycles. The highest BCUT2D eigenvalue weighted by atomic mass is 32.1. The van der Waals surface area contributed by atoms with Crippen molar-refractivity contribution in [2.75, 3.05) is 26.2 Å². The molecule has 2 heterocycles. The van der Waals surface area contributed by atoms with Crippen LogP contribution in [0.15, 0.2) is 30.5 Å². The van der Waals surface area contributed by atoms with Crippen LogP contribution in [0.25, 0.3) is 0 Å². The van der Waals surface area contributed by atoms with E-state index < -0.39 is 0 Å². The molecule has 2 aromatic rings. The van der Waals surface area contributed by atoms with Crippen LogP contribution >= 0.6 is 12.2 Å². The molecule has 7 heteroatoms. The fraction of sp³-hybridized carbons (Fsp3) is 0.474. The quantitative estimate of drug-likeness (QED) is 0.813. The summed E-state index contributed by atoms with van der Waals surface area (Å²) in [6.45, 7) is 10.5. The van der Waals surface area contributed by atoms with Gasteiger partial charge in [-0.1, -0.05) is 12.1 Å². The smallest absolute Gasteiger partial charge is 0.169 e. The van der Waals surface area contributed by atoms with Crippen molar-refractivity contribution in [1.29, 1.82) is 0 Å². The number of piperazine rings is 1. The molecule has 1 fully saturated rings. The first-order valence-corrected chi connectivity index (χ1v) is 9.48. The fourth-order valence-corrected chi connectivity index (χ4v) is 3.46. The average molecular weight is 376 g/mol. The summed E-state index contributed by atoms with van der Waals surface area (Å²) in [6.07, 6.45) is 1.99. The zero-order valence-electron chi connectivity index (χ0n) is 15.4. The fourth-order valence-electron chi connectivity index (χ4n) is 3.20. The van der Waals surface area contributed by atoms with Crippen LogP contribution in [0, 0.1) is 12.7 Å². The molecule has 3 rings (SSSR count). The lowest BCUT2D eigenvalue weighted by Crippen LogP contribution is -2.51. The van der Waals surface area contributed by atoms with E-state index in [4.69, 9.17) is 12.2 Å². The van der Waals surface area contributed by atoms with E-state index in [1.165, 1.54) is 23.4 Å². The van der Waals surface area contributed by atoms with Gasteiger partial charge in [-0.15, -0.1) is 0 Å². The van der Waals surface area contributed by atoms with E-state index in [-0.39, 0.29) is 5.82 Å². The standard InChI is InChI=1S/C19H26FN5S/c1-3-25-15(2)17(13-22-25)14-23-8-10-24(11-9-23)19(26)21-12-16-4-6-18(20)7-5-16/h4-7,13H,3,8-12,14H2,1-2H3,(H,21,26). The minimum atomic E-state index is -0.216. The molecule has 0 saturated carbocycles. The second-order valence-corrected chi connectivity index (χ2v) is 7.01. The third kappa shape index (κ3) is 4.59. The largest absolute Gasteiger partial charge is 0.358 e. The molecule has 1 N–H and O–H groups in total. The summed E-state index contributed by atoms with van der Waals surface area (Å²) < 4.78 is 15.0. The summed E-state index contributed by atoms with van der Waals surface area (Å²) in [5, 5.41) is 8.47. The summed E-state index contributed by atoms with van der Waals surface area (Å²) in [5.41, 5.74) is 3.58. The SMILES string of the molecule is CCn1ncc(CN2CCN(C(=S)NCc3ccc(F)cc3)CC2)c1C. The van der Waals surface area contributed by atoms with E-state index in [9.17, 15) is 4.39 Å². The van der Waals surface area contributed by atoms with Gasteiger partial charge in [0, 0.05) is 57.1 Å². The van der Waals surface area contributed by atoms with Crippen LogP contribution in [-0.4, -0.2) is 50.9 Å². The summed E-state index contributed by atoms with van der Waals surface area (Å²) in [5.74, 6) is -0.216. The van der Waals surface area contributed by atoms with Crippen LogP contribution in [0.3, 0.4) is 0 Å². The van der Waals surface area contributed by atoms with Crippen LogP contribution in [-0.2, 0) is 19.6 Å². The third-order valence-corrected chi connectivity index (χ3v) is 5.32. The number of thiocarbonyl (C=S) groups is 1. The van der Waals surface area contributed by atoms with E-state index in [2.05, 4.69) is 34.1 Å². The van der Waals surface area contributed by atoms with Crippen molar-refractivity contribution in [2.45, 2.75) is 33.5 Å². The van der Waals surface area contributed by atoms with Gasteiger partial charge in [0.05, 0.1) is 6.20 Å². The number of hydrogen-bond donors (Lipinski definition) is 1. The zero-order valence-corrected chi connectivity index (χ0v) is 16.2. The molecule has 0 unspecified atom stereocenters. The van der Waals surface area contributed by atoms with Crippen LogP contribution in [0.4, 0.5) is 4.39 Å². The van der Waals surface area contributed by atoms with Crippen LogP contribution in [0.2, 0.25) is 0 Å². The molecular formula is C19H26FN5S. The minimum absolute atomic E-state index is 0.216. The summed E-state index contributed by atoms with van der Waals surface area (Å²) in [7, 11) is 0. The van der Waals surface area contributed by atoms with E-state index in [1.54, 1.807) is 12.1 Å². The van der Waals surface area contributed by atoms with Crippen molar-refractivity contribution >= 4 is 17.3 Å². The predicted octanol–water partition coefficient (Wildman–Crippen LogP) is 2.54.